The Bertz CT molecular complexity index is 894. The second-order valence-electron chi connectivity index (χ2n) is 7.16. The molecule has 1 saturated heterocycles. The number of nitrogens with one attached hydrogen (secondary N) is 3. The zero-order valence-corrected chi connectivity index (χ0v) is 18.2. The lowest BCUT2D eigenvalue weighted by molar-refractivity contribution is 0.199. The predicted molar refractivity (Wildman–Crippen MR) is 121 cm³/mol. The molecule has 0 amide bonds. The summed E-state index contributed by atoms with van der Waals surface area (Å²) in [6.07, 6.45) is 2.07. The van der Waals surface area contributed by atoms with Crippen LogP contribution in [0.3, 0.4) is 0 Å². The molecule has 6 nitrogen and oxygen atoms in total. The third-order valence-corrected chi connectivity index (χ3v) is 6.71. The second kappa shape index (κ2) is 10.2. The molecule has 0 bridgehead atoms. The van der Waals surface area contributed by atoms with E-state index in [1.807, 2.05) is 6.07 Å². The Balaban J connectivity index is 1.44. The lowest BCUT2D eigenvalue weighted by atomic mass is 10.0. The molecule has 3 rings (SSSR count). The number of hydrogen-bond donors (Lipinski definition) is 3. The number of sulfonamides is 1. The van der Waals surface area contributed by atoms with Crippen LogP contribution in [0.5, 0.6) is 0 Å². The van der Waals surface area contributed by atoms with Crippen LogP contribution in [0.1, 0.15) is 25.3 Å². The summed E-state index contributed by atoms with van der Waals surface area (Å²) in [6.45, 7) is 5.17. The first kappa shape index (κ1) is 21.7. The Hall–Kier alpha value is -2.00. The zero-order valence-electron chi connectivity index (χ0n) is 16.6. The molecule has 2 aromatic carbocycles. The fourth-order valence-electron chi connectivity index (χ4n) is 3.42. The third kappa shape index (κ3) is 6.50. The molecule has 0 aliphatic carbocycles. The summed E-state index contributed by atoms with van der Waals surface area (Å²) in [4.78, 5) is 2.71. The zero-order chi connectivity index (χ0) is 20.7. The molecule has 8 heteroatoms. The molecule has 1 aliphatic heterocycles. The van der Waals surface area contributed by atoms with Gasteiger partial charge in [0.25, 0.3) is 0 Å². The number of anilines is 1. The summed E-state index contributed by atoms with van der Waals surface area (Å²) in [6, 6.07) is 17.5. The summed E-state index contributed by atoms with van der Waals surface area (Å²) < 4.78 is 26.5. The van der Waals surface area contributed by atoms with Gasteiger partial charge in [-0.15, -0.1) is 0 Å². The van der Waals surface area contributed by atoms with Gasteiger partial charge in [-0.25, -0.2) is 13.1 Å². The normalized spacial score (nSPS) is 15.8. The van der Waals surface area contributed by atoms with Gasteiger partial charge >= 0.3 is 0 Å². The first-order valence-electron chi connectivity index (χ1n) is 9.90. The van der Waals surface area contributed by atoms with E-state index in [2.05, 4.69) is 44.5 Å². The number of thiocarbonyl (C=S) groups is 1. The minimum Gasteiger partial charge on any atom is -0.360 e. The summed E-state index contributed by atoms with van der Waals surface area (Å²) in [5.74, 6) is 0. The van der Waals surface area contributed by atoms with Crippen LogP contribution in [-0.2, 0) is 16.6 Å². The van der Waals surface area contributed by atoms with Crippen molar-refractivity contribution in [2.45, 2.75) is 37.2 Å². The van der Waals surface area contributed by atoms with Crippen LogP contribution in [-0.4, -0.2) is 44.1 Å². The van der Waals surface area contributed by atoms with Crippen LogP contribution in [0.15, 0.2) is 59.5 Å². The Kier molecular flexibility index (Phi) is 7.60. The lowest BCUT2D eigenvalue weighted by Crippen LogP contribution is -2.45. The Morgan fingerprint density at radius 3 is 2.34 bits per heavy atom. The molecule has 2 aromatic rings. The number of nitrogens with zero attached hydrogens (tertiary/aromatic N) is 1. The van der Waals surface area contributed by atoms with E-state index in [4.69, 9.17) is 12.2 Å². The largest absolute Gasteiger partial charge is 0.360 e. The average Bonchev–Trinajstić information content (AvgIpc) is 2.71. The van der Waals surface area contributed by atoms with Crippen molar-refractivity contribution in [2.24, 2.45) is 0 Å². The van der Waals surface area contributed by atoms with Gasteiger partial charge in [0.15, 0.2) is 5.11 Å². The lowest BCUT2D eigenvalue weighted by Gasteiger charge is -2.33. The minimum atomic E-state index is -3.44. The molecule has 1 heterocycles. The van der Waals surface area contributed by atoms with E-state index < -0.39 is 10.0 Å². The molecule has 29 heavy (non-hydrogen) atoms. The van der Waals surface area contributed by atoms with Crippen molar-refractivity contribution in [3.8, 4) is 0 Å². The summed E-state index contributed by atoms with van der Waals surface area (Å²) in [7, 11) is -3.44. The van der Waals surface area contributed by atoms with Gasteiger partial charge in [0, 0.05) is 37.9 Å². The fourth-order valence-corrected chi connectivity index (χ4v) is 4.75. The molecule has 0 atom stereocenters. The van der Waals surface area contributed by atoms with Gasteiger partial charge in [-0.05, 0) is 54.9 Å². The number of likely N-dealkylation sites (tertiary alicyclic amines) is 1. The average molecular weight is 433 g/mol. The quantitative estimate of drug-likeness (QED) is 0.584. The molecule has 0 aromatic heterocycles. The van der Waals surface area contributed by atoms with E-state index >= 15 is 0 Å². The Morgan fingerprint density at radius 1 is 1.07 bits per heavy atom. The summed E-state index contributed by atoms with van der Waals surface area (Å²) in [5, 5.41) is 7.09. The van der Waals surface area contributed by atoms with Crippen molar-refractivity contribution in [1.29, 1.82) is 0 Å². The minimum absolute atomic E-state index is 0.245. The van der Waals surface area contributed by atoms with Crippen LogP contribution in [0, 0.1) is 0 Å². The van der Waals surface area contributed by atoms with Gasteiger partial charge in [0.05, 0.1) is 4.90 Å². The number of rotatable bonds is 7. The SMILES string of the molecule is CCNS(=O)(=O)c1ccc(NC(=S)NC2CCN(Cc3ccccc3)CC2)cc1. The maximum atomic E-state index is 12.0. The monoisotopic (exact) mass is 432 g/mol. The summed E-state index contributed by atoms with van der Waals surface area (Å²) in [5.41, 5.74) is 2.11. The molecule has 156 valence electrons. The molecule has 0 saturated carbocycles. The number of hydrogen-bond acceptors (Lipinski definition) is 4. The molecule has 0 spiro atoms. The smallest absolute Gasteiger partial charge is 0.240 e. The number of benzene rings is 2. The highest BCUT2D eigenvalue weighted by Gasteiger charge is 2.20. The molecule has 0 radical (unpaired) electrons. The highest BCUT2D eigenvalue weighted by Crippen LogP contribution is 2.16. The van der Waals surface area contributed by atoms with Gasteiger partial charge in [-0.2, -0.15) is 0 Å². The first-order valence-corrected chi connectivity index (χ1v) is 11.8. The van der Waals surface area contributed by atoms with Crippen molar-refractivity contribution in [3.05, 3.63) is 60.2 Å². The fraction of sp³-hybridized carbons (Fsp3) is 0.381. The van der Waals surface area contributed by atoms with Crippen LogP contribution in [0.2, 0.25) is 0 Å². The van der Waals surface area contributed by atoms with Crippen LogP contribution in [0.4, 0.5) is 5.69 Å². The van der Waals surface area contributed by atoms with Gasteiger partial charge < -0.3 is 10.6 Å². The van der Waals surface area contributed by atoms with Crippen molar-refractivity contribution < 1.29 is 8.42 Å². The maximum Gasteiger partial charge on any atom is 0.240 e. The van der Waals surface area contributed by atoms with E-state index in [0.29, 0.717) is 17.7 Å². The van der Waals surface area contributed by atoms with E-state index in [1.165, 1.54) is 5.56 Å². The van der Waals surface area contributed by atoms with E-state index in [1.54, 1.807) is 31.2 Å². The van der Waals surface area contributed by atoms with Crippen LogP contribution < -0.4 is 15.4 Å². The van der Waals surface area contributed by atoms with Crippen LogP contribution >= 0.6 is 12.2 Å². The summed E-state index contributed by atoms with van der Waals surface area (Å²) >= 11 is 5.43. The first-order chi connectivity index (χ1) is 14.0. The van der Waals surface area contributed by atoms with Gasteiger partial charge in [-0.1, -0.05) is 37.3 Å². The second-order valence-corrected chi connectivity index (χ2v) is 9.34. The van der Waals surface area contributed by atoms with E-state index in [9.17, 15) is 8.42 Å². The van der Waals surface area contributed by atoms with E-state index in [-0.39, 0.29) is 4.90 Å². The standard InChI is InChI=1S/C21H28N4O2S2/c1-2-22-29(26,27)20-10-8-18(9-11-20)23-21(28)24-19-12-14-25(15-13-19)16-17-6-4-3-5-7-17/h3-11,19,22H,2,12-16H2,1H3,(H2,23,24,28). The molecule has 0 unspecified atom stereocenters. The molecule has 1 aliphatic rings. The third-order valence-electron chi connectivity index (χ3n) is 4.93. The van der Waals surface area contributed by atoms with Gasteiger partial charge in [0.1, 0.15) is 0 Å². The topological polar surface area (TPSA) is 73.5 Å². The number of piperidine rings is 1. The maximum absolute atomic E-state index is 12.0. The van der Waals surface area contributed by atoms with Crippen molar-refractivity contribution >= 4 is 33.0 Å². The van der Waals surface area contributed by atoms with Gasteiger partial charge in [0.2, 0.25) is 10.0 Å². The molecule has 1 fully saturated rings. The molecular weight excluding hydrogens is 404 g/mol. The Morgan fingerprint density at radius 2 is 1.72 bits per heavy atom. The Labute approximate surface area is 178 Å². The molecule has 3 N–H and O–H groups in total. The van der Waals surface area contributed by atoms with Gasteiger partial charge in [-0.3, -0.25) is 4.90 Å². The van der Waals surface area contributed by atoms with E-state index in [0.717, 1.165) is 38.2 Å². The predicted octanol–water partition coefficient (Wildman–Crippen LogP) is 2.94. The van der Waals surface area contributed by atoms with Crippen molar-refractivity contribution in [3.63, 3.8) is 0 Å². The van der Waals surface area contributed by atoms with Crippen molar-refractivity contribution in [2.75, 3.05) is 25.0 Å². The van der Waals surface area contributed by atoms with Crippen LogP contribution in [0.25, 0.3) is 0 Å². The van der Waals surface area contributed by atoms with Crippen molar-refractivity contribution in [1.82, 2.24) is 14.9 Å². The highest BCUT2D eigenvalue weighted by molar-refractivity contribution is 7.89. The molecular formula is C21H28N4O2S2. The highest BCUT2D eigenvalue weighted by atomic mass is 32.2.